The number of hydrogen-bond acceptors (Lipinski definition) is 4. The summed E-state index contributed by atoms with van der Waals surface area (Å²) in [6, 6.07) is 15.4. The molecule has 7 nitrogen and oxygen atoms in total. The van der Waals surface area contributed by atoms with E-state index in [4.69, 9.17) is 16.6 Å². The average Bonchev–Trinajstić information content (AvgIpc) is 3.19. The highest BCUT2D eigenvalue weighted by Gasteiger charge is 2.13. The predicted octanol–water partition coefficient (Wildman–Crippen LogP) is 6.44. The van der Waals surface area contributed by atoms with Crippen LogP contribution in [0.15, 0.2) is 59.2 Å². The number of aromatic nitrogens is 3. The lowest BCUT2D eigenvalue weighted by Gasteiger charge is -2.13. The molecular formula is C25H26BrClN6O. The Morgan fingerprint density at radius 2 is 1.79 bits per heavy atom. The fraction of sp³-hybridized carbons (Fsp3) is 0.240. The Bertz CT molecular complexity index is 1300. The summed E-state index contributed by atoms with van der Waals surface area (Å²) >= 11 is 9.92. The third-order valence-corrected chi connectivity index (χ3v) is 6.38. The molecule has 0 aliphatic rings. The van der Waals surface area contributed by atoms with Crippen LogP contribution in [0.25, 0.3) is 16.9 Å². The fourth-order valence-electron chi connectivity index (χ4n) is 3.71. The van der Waals surface area contributed by atoms with Crippen molar-refractivity contribution in [1.82, 2.24) is 19.9 Å². The maximum atomic E-state index is 12.2. The zero-order valence-electron chi connectivity index (χ0n) is 19.0. The molecule has 0 atom stereocenters. The molecule has 0 aliphatic carbocycles. The molecule has 0 saturated carbocycles. The van der Waals surface area contributed by atoms with Gasteiger partial charge in [-0.1, -0.05) is 48.0 Å². The molecule has 2 heterocycles. The number of urea groups is 1. The first kappa shape index (κ1) is 24.0. The molecule has 0 saturated heterocycles. The second kappa shape index (κ2) is 10.9. The number of carbonyl (C=O) groups is 1. The van der Waals surface area contributed by atoms with Crippen molar-refractivity contribution < 1.29 is 4.79 Å². The Hall–Kier alpha value is -3.10. The maximum Gasteiger partial charge on any atom is 0.319 e. The van der Waals surface area contributed by atoms with Crippen LogP contribution < -0.4 is 16.0 Å². The number of rotatable bonds is 8. The molecule has 0 fully saturated rings. The second-order valence-corrected chi connectivity index (χ2v) is 9.28. The number of aryl methyl sites for hydroxylation is 2. The van der Waals surface area contributed by atoms with Gasteiger partial charge in [0, 0.05) is 35.4 Å². The van der Waals surface area contributed by atoms with Gasteiger partial charge in [-0.15, -0.1) is 0 Å². The number of nitrogens with zero attached hydrogens (tertiary/aromatic N) is 3. The second-order valence-electron chi connectivity index (χ2n) is 8.02. The number of hydrogen-bond donors (Lipinski definition) is 3. The number of unbranched alkanes of at least 4 members (excludes halogenated alkanes) is 1. The van der Waals surface area contributed by atoms with E-state index in [1.807, 2.05) is 62.4 Å². The molecule has 2 aromatic heterocycles. The highest BCUT2D eigenvalue weighted by atomic mass is 79.9. The van der Waals surface area contributed by atoms with Crippen molar-refractivity contribution in [3.63, 3.8) is 0 Å². The monoisotopic (exact) mass is 540 g/mol. The molecule has 9 heteroatoms. The molecule has 2 aromatic carbocycles. The van der Waals surface area contributed by atoms with Crippen molar-refractivity contribution in [2.75, 3.05) is 23.7 Å². The van der Waals surface area contributed by atoms with Crippen LogP contribution in [-0.4, -0.2) is 33.7 Å². The Kier molecular flexibility index (Phi) is 7.70. The topological polar surface area (TPSA) is 83.4 Å². The Morgan fingerprint density at radius 3 is 2.56 bits per heavy atom. The number of fused-ring (bicyclic) bond motifs is 1. The fourth-order valence-corrected chi connectivity index (χ4v) is 4.29. The summed E-state index contributed by atoms with van der Waals surface area (Å²) in [6.07, 6.45) is 3.43. The number of carbonyl (C=O) groups excluding carboxylic acids is 1. The van der Waals surface area contributed by atoms with Gasteiger partial charge in [-0.2, -0.15) is 9.61 Å². The zero-order valence-corrected chi connectivity index (χ0v) is 21.4. The minimum absolute atomic E-state index is 0.188. The van der Waals surface area contributed by atoms with Gasteiger partial charge in [0.15, 0.2) is 5.65 Å². The third-order valence-electron chi connectivity index (χ3n) is 5.49. The van der Waals surface area contributed by atoms with Crippen LogP contribution in [0.4, 0.5) is 16.3 Å². The summed E-state index contributed by atoms with van der Waals surface area (Å²) in [7, 11) is 0. The molecule has 0 unspecified atom stereocenters. The summed E-state index contributed by atoms with van der Waals surface area (Å²) in [6.45, 7) is 5.28. The smallest absolute Gasteiger partial charge is 0.319 e. The van der Waals surface area contributed by atoms with Crippen molar-refractivity contribution in [2.24, 2.45) is 0 Å². The van der Waals surface area contributed by atoms with Gasteiger partial charge in [0.1, 0.15) is 5.82 Å². The van der Waals surface area contributed by atoms with Crippen LogP contribution in [0.5, 0.6) is 0 Å². The van der Waals surface area contributed by atoms with Crippen molar-refractivity contribution in [2.45, 2.75) is 26.7 Å². The predicted molar refractivity (Wildman–Crippen MR) is 142 cm³/mol. The minimum Gasteiger partial charge on any atom is -0.370 e. The lowest BCUT2D eigenvalue weighted by atomic mass is 10.1. The van der Waals surface area contributed by atoms with Crippen molar-refractivity contribution >= 4 is 50.7 Å². The normalized spacial score (nSPS) is 10.9. The van der Waals surface area contributed by atoms with Gasteiger partial charge in [0.25, 0.3) is 0 Å². The van der Waals surface area contributed by atoms with Gasteiger partial charge in [-0.3, -0.25) is 0 Å². The summed E-state index contributed by atoms with van der Waals surface area (Å²) in [5, 5.41) is 14.4. The van der Waals surface area contributed by atoms with Gasteiger partial charge in [-0.25, -0.2) is 9.78 Å². The van der Waals surface area contributed by atoms with Crippen LogP contribution in [0.1, 0.15) is 24.0 Å². The minimum atomic E-state index is -0.188. The summed E-state index contributed by atoms with van der Waals surface area (Å²) in [5.74, 6) is 0.825. The zero-order chi connectivity index (χ0) is 24.1. The van der Waals surface area contributed by atoms with E-state index in [1.54, 1.807) is 10.7 Å². The first-order chi connectivity index (χ1) is 16.4. The molecule has 3 N–H and O–H groups in total. The van der Waals surface area contributed by atoms with Crippen LogP contribution in [0, 0.1) is 13.8 Å². The molecule has 0 aliphatic heterocycles. The summed E-state index contributed by atoms with van der Waals surface area (Å²) < 4.78 is 2.57. The summed E-state index contributed by atoms with van der Waals surface area (Å²) in [5.41, 5.74) is 5.30. The first-order valence-electron chi connectivity index (χ1n) is 11.1. The average molecular weight is 542 g/mol. The van der Waals surface area contributed by atoms with E-state index >= 15 is 0 Å². The molecule has 34 heavy (non-hydrogen) atoms. The quantitative estimate of drug-likeness (QED) is 0.224. The Morgan fingerprint density at radius 1 is 1.06 bits per heavy atom. The molecule has 4 rings (SSSR count). The molecule has 4 aromatic rings. The van der Waals surface area contributed by atoms with Gasteiger partial charge in [0.05, 0.1) is 16.4 Å². The van der Waals surface area contributed by atoms with E-state index in [1.165, 1.54) is 0 Å². The number of amides is 2. The largest absolute Gasteiger partial charge is 0.370 e. The van der Waals surface area contributed by atoms with Gasteiger partial charge < -0.3 is 16.0 Å². The van der Waals surface area contributed by atoms with Crippen molar-refractivity contribution in [1.29, 1.82) is 0 Å². The molecular weight excluding hydrogens is 516 g/mol. The lowest BCUT2D eigenvalue weighted by Crippen LogP contribution is -2.30. The lowest BCUT2D eigenvalue weighted by molar-refractivity contribution is 0.252. The highest BCUT2D eigenvalue weighted by molar-refractivity contribution is 9.10. The van der Waals surface area contributed by atoms with Gasteiger partial charge in [-0.05, 0) is 59.8 Å². The number of benzene rings is 2. The van der Waals surface area contributed by atoms with Gasteiger partial charge >= 0.3 is 6.03 Å². The van der Waals surface area contributed by atoms with E-state index in [0.717, 1.165) is 57.7 Å². The van der Waals surface area contributed by atoms with E-state index in [9.17, 15) is 4.79 Å². The van der Waals surface area contributed by atoms with Crippen LogP contribution >= 0.6 is 27.5 Å². The number of para-hydroxylation sites is 1. The summed E-state index contributed by atoms with van der Waals surface area (Å²) in [4.78, 5) is 17.0. The third kappa shape index (κ3) is 5.51. The van der Waals surface area contributed by atoms with Crippen LogP contribution in [0.3, 0.4) is 0 Å². The van der Waals surface area contributed by atoms with Crippen molar-refractivity contribution in [3.05, 3.63) is 75.4 Å². The van der Waals surface area contributed by atoms with E-state index in [2.05, 4.69) is 37.0 Å². The Labute approximate surface area is 212 Å². The van der Waals surface area contributed by atoms with E-state index in [-0.39, 0.29) is 6.03 Å². The number of nitrogens with one attached hydrogen (secondary N) is 3. The highest BCUT2D eigenvalue weighted by Crippen LogP contribution is 2.30. The van der Waals surface area contributed by atoms with Crippen molar-refractivity contribution in [3.8, 4) is 11.3 Å². The molecule has 0 radical (unpaired) electrons. The number of halogens is 2. The number of anilines is 2. The standard InChI is InChI=1S/C25H26BrClN6O/c1-16-8-7-9-17(2)23(16)32-25(34)29-13-6-5-12-28-22-14-21(18-10-3-4-11-20(18)27)31-24-19(26)15-30-33(22)24/h3-4,7-11,14-15,28H,5-6,12-13H2,1-2H3,(H2,29,32,34). The van der Waals surface area contributed by atoms with E-state index < -0.39 is 0 Å². The Balaban J connectivity index is 1.32. The molecule has 2 amide bonds. The molecule has 0 spiro atoms. The van der Waals surface area contributed by atoms with E-state index in [0.29, 0.717) is 17.2 Å². The first-order valence-corrected chi connectivity index (χ1v) is 12.3. The van der Waals surface area contributed by atoms with Gasteiger partial charge in [0.2, 0.25) is 0 Å². The maximum absolute atomic E-state index is 12.2. The molecule has 176 valence electrons. The molecule has 0 bridgehead atoms. The van der Waals surface area contributed by atoms with Crippen LogP contribution in [0.2, 0.25) is 5.02 Å². The SMILES string of the molecule is Cc1cccc(C)c1NC(=O)NCCCCNc1cc(-c2ccccc2Cl)nc2c(Br)cnn12. The van der Waals surface area contributed by atoms with Crippen LogP contribution in [-0.2, 0) is 0 Å².